The number of hydrogen-bond acceptors (Lipinski definition) is 4. The lowest BCUT2D eigenvalue weighted by atomic mass is 10.2. The Morgan fingerprint density at radius 1 is 1.50 bits per heavy atom. The first-order valence-electron chi connectivity index (χ1n) is 4.92. The van der Waals surface area contributed by atoms with Gasteiger partial charge in [0.25, 0.3) is 5.91 Å². The molecule has 88 valence electrons. The van der Waals surface area contributed by atoms with Crippen LogP contribution in [-0.4, -0.2) is 37.5 Å². The predicted octanol–water partition coefficient (Wildman–Crippen LogP) is 1.22. The third kappa shape index (κ3) is 2.85. The minimum absolute atomic E-state index is 0.157. The Balaban J connectivity index is 2.55. The lowest BCUT2D eigenvalue weighted by Crippen LogP contribution is -2.29. The highest BCUT2D eigenvalue weighted by molar-refractivity contribution is 5.95. The highest BCUT2D eigenvalue weighted by Gasteiger charge is 2.16. The molecule has 0 fully saturated rings. The fourth-order valence-corrected chi connectivity index (χ4v) is 1.28. The molecule has 5 heteroatoms. The molecule has 0 aromatic carbocycles. The van der Waals surface area contributed by atoms with Crippen molar-refractivity contribution in [2.45, 2.75) is 13.3 Å². The van der Waals surface area contributed by atoms with Gasteiger partial charge in [0.1, 0.15) is 5.76 Å². The molecular formula is C11H15NO4. The highest BCUT2D eigenvalue weighted by Crippen LogP contribution is 2.11. The fraction of sp³-hybridized carbons (Fsp3) is 0.455. The SMILES string of the molecule is COC(=O)CCN(C)C(=O)c1ccoc1C. The Labute approximate surface area is 94.0 Å². The first kappa shape index (κ1) is 12.3. The van der Waals surface area contributed by atoms with Crippen molar-refractivity contribution < 1.29 is 18.7 Å². The van der Waals surface area contributed by atoms with Crippen LogP contribution < -0.4 is 0 Å². The van der Waals surface area contributed by atoms with Crippen molar-refractivity contribution in [3.8, 4) is 0 Å². The van der Waals surface area contributed by atoms with Gasteiger partial charge < -0.3 is 14.1 Å². The van der Waals surface area contributed by atoms with Crippen molar-refractivity contribution in [1.82, 2.24) is 4.90 Å². The molecule has 0 spiro atoms. The van der Waals surface area contributed by atoms with Crippen LogP contribution in [-0.2, 0) is 9.53 Å². The molecule has 0 radical (unpaired) electrons. The van der Waals surface area contributed by atoms with Crippen LogP contribution in [0.2, 0.25) is 0 Å². The van der Waals surface area contributed by atoms with Crippen molar-refractivity contribution in [3.63, 3.8) is 0 Å². The summed E-state index contributed by atoms with van der Waals surface area (Å²) in [6.45, 7) is 2.05. The summed E-state index contributed by atoms with van der Waals surface area (Å²) in [4.78, 5) is 24.2. The van der Waals surface area contributed by atoms with Crippen molar-refractivity contribution in [1.29, 1.82) is 0 Å². The van der Waals surface area contributed by atoms with Crippen LogP contribution in [0, 0.1) is 6.92 Å². The Morgan fingerprint density at radius 3 is 2.69 bits per heavy atom. The third-order valence-electron chi connectivity index (χ3n) is 2.31. The Bertz CT molecular complexity index is 383. The third-order valence-corrected chi connectivity index (χ3v) is 2.31. The van der Waals surface area contributed by atoms with Crippen LogP contribution in [0.3, 0.4) is 0 Å². The molecule has 1 aromatic rings. The zero-order valence-electron chi connectivity index (χ0n) is 9.65. The minimum atomic E-state index is -0.330. The molecule has 0 saturated heterocycles. The van der Waals surface area contributed by atoms with E-state index in [1.807, 2.05) is 0 Å². The molecule has 0 atom stereocenters. The van der Waals surface area contributed by atoms with E-state index in [0.717, 1.165) is 0 Å². The van der Waals surface area contributed by atoms with Gasteiger partial charge in [0.05, 0.1) is 25.4 Å². The molecular weight excluding hydrogens is 210 g/mol. The van der Waals surface area contributed by atoms with E-state index in [2.05, 4.69) is 4.74 Å². The molecule has 5 nitrogen and oxygen atoms in total. The van der Waals surface area contributed by atoms with Crippen molar-refractivity contribution in [2.75, 3.05) is 20.7 Å². The maximum atomic E-state index is 11.8. The lowest BCUT2D eigenvalue weighted by molar-refractivity contribution is -0.140. The number of carbonyl (C=O) groups excluding carboxylic acids is 2. The molecule has 0 aliphatic rings. The average molecular weight is 225 g/mol. The summed E-state index contributed by atoms with van der Waals surface area (Å²) in [6.07, 6.45) is 1.66. The van der Waals surface area contributed by atoms with E-state index in [-0.39, 0.29) is 18.3 Å². The summed E-state index contributed by atoms with van der Waals surface area (Å²) in [5, 5.41) is 0. The quantitative estimate of drug-likeness (QED) is 0.723. The fourth-order valence-electron chi connectivity index (χ4n) is 1.28. The van der Waals surface area contributed by atoms with Gasteiger partial charge in [-0.3, -0.25) is 9.59 Å². The number of methoxy groups -OCH3 is 1. The van der Waals surface area contributed by atoms with Crippen molar-refractivity contribution in [3.05, 3.63) is 23.7 Å². The topological polar surface area (TPSA) is 59.8 Å². The maximum Gasteiger partial charge on any atom is 0.307 e. The standard InChI is InChI=1S/C11H15NO4/c1-8-9(5-7-16-8)11(14)12(2)6-4-10(13)15-3/h5,7H,4,6H2,1-3H3. The summed E-state index contributed by atoms with van der Waals surface area (Å²) >= 11 is 0. The van der Waals surface area contributed by atoms with Gasteiger partial charge in [-0.2, -0.15) is 0 Å². The number of amides is 1. The van der Waals surface area contributed by atoms with E-state index >= 15 is 0 Å². The lowest BCUT2D eigenvalue weighted by Gasteiger charge is -2.15. The number of esters is 1. The number of carbonyl (C=O) groups is 2. The Hall–Kier alpha value is -1.78. The summed E-state index contributed by atoms with van der Waals surface area (Å²) in [7, 11) is 2.96. The molecule has 1 heterocycles. The average Bonchev–Trinajstić information content (AvgIpc) is 2.70. The summed E-state index contributed by atoms with van der Waals surface area (Å²) in [5.41, 5.74) is 0.521. The van der Waals surface area contributed by atoms with Crippen LogP contribution in [0.1, 0.15) is 22.5 Å². The number of nitrogens with zero attached hydrogens (tertiary/aromatic N) is 1. The van der Waals surface area contributed by atoms with E-state index in [1.165, 1.54) is 18.3 Å². The molecule has 0 saturated carbocycles. The molecule has 1 amide bonds. The van der Waals surface area contributed by atoms with E-state index in [1.54, 1.807) is 20.0 Å². The number of aryl methyl sites for hydroxylation is 1. The van der Waals surface area contributed by atoms with E-state index in [4.69, 9.17) is 4.42 Å². The van der Waals surface area contributed by atoms with Gasteiger partial charge in [-0.15, -0.1) is 0 Å². The summed E-state index contributed by atoms with van der Waals surface area (Å²) in [5.74, 6) is 0.0913. The predicted molar refractivity (Wildman–Crippen MR) is 57.0 cm³/mol. The zero-order chi connectivity index (χ0) is 12.1. The van der Waals surface area contributed by atoms with Crippen LogP contribution in [0.5, 0.6) is 0 Å². The zero-order valence-corrected chi connectivity index (χ0v) is 9.65. The van der Waals surface area contributed by atoms with Crippen LogP contribution in [0.25, 0.3) is 0 Å². The van der Waals surface area contributed by atoms with Crippen LogP contribution >= 0.6 is 0 Å². The maximum absolute atomic E-state index is 11.8. The molecule has 1 aromatic heterocycles. The van der Waals surface area contributed by atoms with Crippen LogP contribution in [0.4, 0.5) is 0 Å². The second-order valence-corrected chi connectivity index (χ2v) is 3.44. The second-order valence-electron chi connectivity index (χ2n) is 3.44. The first-order chi connectivity index (χ1) is 7.56. The molecule has 0 bridgehead atoms. The molecule has 1 rings (SSSR count). The summed E-state index contributed by atoms with van der Waals surface area (Å²) < 4.78 is 9.54. The molecule has 0 unspecified atom stereocenters. The number of hydrogen-bond donors (Lipinski definition) is 0. The van der Waals surface area contributed by atoms with Crippen molar-refractivity contribution in [2.24, 2.45) is 0 Å². The van der Waals surface area contributed by atoms with E-state index in [9.17, 15) is 9.59 Å². The molecule has 0 aliphatic carbocycles. The van der Waals surface area contributed by atoms with Gasteiger partial charge in [0.15, 0.2) is 0 Å². The smallest absolute Gasteiger partial charge is 0.307 e. The van der Waals surface area contributed by atoms with Crippen molar-refractivity contribution >= 4 is 11.9 Å². The monoisotopic (exact) mass is 225 g/mol. The van der Waals surface area contributed by atoms with E-state index in [0.29, 0.717) is 17.9 Å². The van der Waals surface area contributed by atoms with Crippen LogP contribution in [0.15, 0.2) is 16.7 Å². The Morgan fingerprint density at radius 2 is 2.19 bits per heavy atom. The van der Waals surface area contributed by atoms with Gasteiger partial charge in [0.2, 0.25) is 0 Å². The molecule has 0 aliphatic heterocycles. The van der Waals surface area contributed by atoms with Gasteiger partial charge >= 0.3 is 5.97 Å². The van der Waals surface area contributed by atoms with Gasteiger partial charge in [-0.05, 0) is 13.0 Å². The highest BCUT2D eigenvalue weighted by atomic mass is 16.5. The number of ether oxygens (including phenoxy) is 1. The summed E-state index contributed by atoms with van der Waals surface area (Å²) in [6, 6.07) is 1.62. The minimum Gasteiger partial charge on any atom is -0.469 e. The second kappa shape index (κ2) is 5.34. The number of furan rings is 1. The molecule has 16 heavy (non-hydrogen) atoms. The largest absolute Gasteiger partial charge is 0.469 e. The normalized spacial score (nSPS) is 9.94. The number of rotatable bonds is 4. The molecule has 0 N–H and O–H groups in total. The van der Waals surface area contributed by atoms with Gasteiger partial charge in [-0.1, -0.05) is 0 Å². The first-order valence-corrected chi connectivity index (χ1v) is 4.92. The van der Waals surface area contributed by atoms with Gasteiger partial charge in [-0.25, -0.2) is 0 Å². The van der Waals surface area contributed by atoms with E-state index < -0.39 is 0 Å². The Kier molecular flexibility index (Phi) is 4.10. The van der Waals surface area contributed by atoms with Gasteiger partial charge in [0, 0.05) is 13.6 Å².